The average Bonchev–Trinajstić information content (AvgIpc) is 2.76. The minimum Gasteiger partial charge on any atom is -0.393 e. The predicted molar refractivity (Wildman–Crippen MR) is 89.1 cm³/mol. The van der Waals surface area contributed by atoms with Crippen molar-refractivity contribution >= 4 is 0 Å². The quantitative estimate of drug-likeness (QED) is 0.736. The number of rotatable bonds is 3. The Morgan fingerprint density at radius 3 is 2.38 bits per heavy atom. The molecule has 0 unspecified atom stereocenters. The maximum absolute atomic E-state index is 10.5. The molecule has 0 aromatic rings. The van der Waals surface area contributed by atoms with Crippen molar-refractivity contribution in [2.75, 3.05) is 0 Å². The average molecular weight is 293 g/mol. The lowest BCUT2D eigenvalue weighted by Crippen LogP contribution is -2.52. The highest BCUT2D eigenvalue weighted by Crippen LogP contribution is 2.65. The lowest BCUT2D eigenvalue weighted by atomic mass is 9.46. The van der Waals surface area contributed by atoms with E-state index in [-0.39, 0.29) is 11.5 Å². The molecule has 3 aliphatic rings. The molecule has 3 rings (SSSR count). The van der Waals surface area contributed by atoms with Gasteiger partial charge in [-0.3, -0.25) is 0 Å². The normalized spacial score (nSPS) is 53.3. The molecule has 0 aliphatic heterocycles. The highest BCUT2D eigenvalue weighted by Gasteiger charge is 2.58. The van der Waals surface area contributed by atoms with Crippen LogP contribution < -0.4 is 0 Å². The molecule has 0 spiro atoms. The van der Waals surface area contributed by atoms with Crippen LogP contribution in [0.3, 0.4) is 0 Å². The Kier molecular flexibility index (Phi) is 4.19. The van der Waals surface area contributed by atoms with Gasteiger partial charge in [0.15, 0.2) is 0 Å². The van der Waals surface area contributed by atoms with Gasteiger partial charge < -0.3 is 5.11 Å². The van der Waals surface area contributed by atoms with E-state index in [0.29, 0.717) is 5.41 Å². The van der Waals surface area contributed by atoms with Crippen molar-refractivity contribution in [3.63, 3.8) is 0 Å². The van der Waals surface area contributed by atoms with Crippen LogP contribution in [0.1, 0.15) is 85.5 Å². The minimum atomic E-state index is -0.0234. The first kappa shape index (κ1) is 15.8. The summed E-state index contributed by atoms with van der Waals surface area (Å²) in [4.78, 5) is 0. The fourth-order valence-electron chi connectivity index (χ4n) is 7.11. The number of aliphatic hydroxyl groups excluding tert-OH is 1. The Morgan fingerprint density at radius 2 is 1.71 bits per heavy atom. The second-order valence-corrected chi connectivity index (χ2v) is 8.95. The fourth-order valence-corrected chi connectivity index (χ4v) is 7.11. The summed E-state index contributed by atoms with van der Waals surface area (Å²) in [5.41, 5.74) is 0.814. The van der Waals surface area contributed by atoms with Crippen LogP contribution in [0, 0.1) is 34.5 Å². The van der Waals surface area contributed by atoms with E-state index in [4.69, 9.17) is 0 Å². The zero-order valence-corrected chi connectivity index (χ0v) is 14.7. The van der Waals surface area contributed by atoms with E-state index in [1.807, 2.05) is 0 Å². The van der Waals surface area contributed by atoms with Gasteiger partial charge in [0.05, 0.1) is 6.10 Å². The van der Waals surface area contributed by atoms with E-state index in [0.717, 1.165) is 30.1 Å². The van der Waals surface area contributed by atoms with Crippen LogP contribution in [-0.2, 0) is 0 Å². The molecule has 21 heavy (non-hydrogen) atoms. The third kappa shape index (κ3) is 2.21. The second kappa shape index (κ2) is 5.55. The summed E-state index contributed by atoms with van der Waals surface area (Å²) in [5, 5.41) is 10.5. The largest absolute Gasteiger partial charge is 0.393 e. The summed E-state index contributed by atoms with van der Waals surface area (Å²) in [7, 11) is 0. The molecule has 122 valence electrons. The molecule has 0 amide bonds. The van der Waals surface area contributed by atoms with Crippen molar-refractivity contribution < 1.29 is 5.11 Å². The van der Waals surface area contributed by atoms with Crippen molar-refractivity contribution in [1.29, 1.82) is 0 Å². The van der Waals surface area contributed by atoms with E-state index in [1.165, 1.54) is 51.4 Å². The molecule has 0 aromatic carbocycles. The third-order valence-corrected chi connectivity index (χ3v) is 8.30. The first-order chi connectivity index (χ1) is 9.97. The Bertz CT molecular complexity index is 378. The molecule has 0 radical (unpaired) electrons. The van der Waals surface area contributed by atoms with E-state index in [2.05, 4.69) is 27.7 Å². The summed E-state index contributed by atoms with van der Waals surface area (Å²) in [6, 6.07) is 0. The third-order valence-electron chi connectivity index (χ3n) is 8.30. The molecule has 1 N–H and O–H groups in total. The molecule has 3 saturated carbocycles. The van der Waals surface area contributed by atoms with Gasteiger partial charge in [-0.05, 0) is 79.4 Å². The summed E-state index contributed by atoms with van der Waals surface area (Å²) in [6.07, 6.45) is 12.0. The molecule has 0 aromatic heterocycles. The van der Waals surface area contributed by atoms with Gasteiger partial charge in [-0.2, -0.15) is 0 Å². The molecule has 0 heterocycles. The highest BCUT2D eigenvalue weighted by atomic mass is 16.3. The Morgan fingerprint density at radius 1 is 0.952 bits per heavy atom. The van der Waals surface area contributed by atoms with Crippen LogP contribution in [0.15, 0.2) is 0 Å². The van der Waals surface area contributed by atoms with E-state index in [1.54, 1.807) is 0 Å². The molecule has 0 bridgehead atoms. The van der Waals surface area contributed by atoms with Crippen LogP contribution in [0.4, 0.5) is 0 Å². The first-order valence-electron chi connectivity index (χ1n) is 9.65. The summed E-state index contributed by atoms with van der Waals surface area (Å²) < 4.78 is 0. The molecule has 7 atom stereocenters. The van der Waals surface area contributed by atoms with Gasteiger partial charge in [0.25, 0.3) is 0 Å². The molecule has 3 aliphatic carbocycles. The minimum absolute atomic E-state index is 0.0234. The second-order valence-electron chi connectivity index (χ2n) is 8.95. The van der Waals surface area contributed by atoms with Gasteiger partial charge in [-0.15, -0.1) is 0 Å². The van der Waals surface area contributed by atoms with Gasteiger partial charge in [0.2, 0.25) is 0 Å². The summed E-state index contributed by atoms with van der Waals surface area (Å²) in [5.74, 6) is 3.58. The predicted octanol–water partition coefficient (Wildman–Crippen LogP) is 5.42. The molecule has 1 nitrogen and oxygen atoms in total. The molecular formula is C20H36O. The molecule has 3 fully saturated rings. The van der Waals surface area contributed by atoms with Crippen molar-refractivity contribution in [3.05, 3.63) is 0 Å². The molecular weight excluding hydrogens is 256 g/mol. The lowest BCUT2D eigenvalue weighted by Gasteiger charge is -2.59. The van der Waals surface area contributed by atoms with Crippen molar-refractivity contribution in [3.8, 4) is 0 Å². The topological polar surface area (TPSA) is 20.2 Å². The SMILES string of the molecule is CCC[C@@]1(C)[C@H](CC)CC[C@@H]2[C@@H]1CC[C@]1(C)[C@@H](O)CC[C@@H]21. The van der Waals surface area contributed by atoms with Gasteiger partial charge in [0, 0.05) is 0 Å². The van der Waals surface area contributed by atoms with Crippen LogP contribution >= 0.6 is 0 Å². The summed E-state index contributed by atoms with van der Waals surface area (Å²) >= 11 is 0. The maximum Gasteiger partial charge on any atom is 0.0596 e. The van der Waals surface area contributed by atoms with Crippen molar-refractivity contribution in [2.45, 2.75) is 91.6 Å². The van der Waals surface area contributed by atoms with Gasteiger partial charge >= 0.3 is 0 Å². The monoisotopic (exact) mass is 292 g/mol. The van der Waals surface area contributed by atoms with Crippen LogP contribution in [-0.4, -0.2) is 11.2 Å². The number of aliphatic hydroxyl groups is 1. The standard InChI is InChI=1S/C20H36O/c1-5-12-19(3)14(6-2)7-8-15-16-9-10-18(21)20(16,4)13-11-17(15)19/h14-18,21H,5-13H2,1-4H3/t14-,15+,16+,17+,18+,19+,20+/m1/s1. The Labute approximate surface area is 131 Å². The molecule has 0 saturated heterocycles. The van der Waals surface area contributed by atoms with Gasteiger partial charge in [-0.25, -0.2) is 0 Å². The lowest BCUT2D eigenvalue weighted by molar-refractivity contribution is -0.112. The van der Waals surface area contributed by atoms with Crippen LogP contribution in [0.5, 0.6) is 0 Å². The van der Waals surface area contributed by atoms with Gasteiger partial charge in [-0.1, -0.05) is 40.5 Å². The maximum atomic E-state index is 10.5. The fraction of sp³-hybridized carbons (Fsp3) is 1.00. The Balaban J connectivity index is 1.89. The first-order valence-corrected chi connectivity index (χ1v) is 9.65. The van der Waals surface area contributed by atoms with Crippen molar-refractivity contribution in [2.24, 2.45) is 34.5 Å². The number of hydrogen-bond acceptors (Lipinski definition) is 1. The summed E-state index contributed by atoms with van der Waals surface area (Å²) in [6.45, 7) is 9.79. The number of hydrogen-bond donors (Lipinski definition) is 1. The highest BCUT2D eigenvalue weighted by molar-refractivity contribution is 5.08. The number of fused-ring (bicyclic) bond motifs is 3. The zero-order chi connectivity index (χ0) is 15.3. The van der Waals surface area contributed by atoms with Crippen LogP contribution in [0.25, 0.3) is 0 Å². The zero-order valence-electron chi connectivity index (χ0n) is 14.7. The molecule has 1 heteroatoms. The smallest absolute Gasteiger partial charge is 0.0596 e. The van der Waals surface area contributed by atoms with Gasteiger partial charge in [0.1, 0.15) is 0 Å². The van der Waals surface area contributed by atoms with E-state index >= 15 is 0 Å². The van der Waals surface area contributed by atoms with Crippen LogP contribution in [0.2, 0.25) is 0 Å². The van der Waals surface area contributed by atoms with E-state index in [9.17, 15) is 5.11 Å². The van der Waals surface area contributed by atoms with Crippen molar-refractivity contribution in [1.82, 2.24) is 0 Å². The Hall–Kier alpha value is -0.0400. The van der Waals surface area contributed by atoms with E-state index < -0.39 is 0 Å².